The highest BCUT2D eigenvalue weighted by atomic mass is 35.5. The summed E-state index contributed by atoms with van der Waals surface area (Å²) in [5.74, 6) is 0.564. The molecule has 0 aliphatic carbocycles. The second-order valence-corrected chi connectivity index (χ2v) is 8.02. The quantitative estimate of drug-likeness (QED) is 0.165. The van der Waals surface area contributed by atoms with E-state index in [1.165, 1.54) is 0 Å². The van der Waals surface area contributed by atoms with E-state index in [0.717, 1.165) is 37.1 Å². The number of benzene rings is 2. The van der Waals surface area contributed by atoms with Gasteiger partial charge in [-0.05, 0) is 61.4 Å². The Balaban J connectivity index is 0.00000612. The first-order valence-corrected chi connectivity index (χ1v) is 11.4. The molecule has 0 amide bonds. The van der Waals surface area contributed by atoms with Crippen molar-refractivity contribution in [3.63, 3.8) is 0 Å². The Morgan fingerprint density at radius 3 is 1.29 bits per heavy atom. The van der Waals surface area contributed by atoms with E-state index in [1.807, 2.05) is 0 Å². The van der Waals surface area contributed by atoms with Gasteiger partial charge in [-0.25, -0.2) is 0 Å². The lowest BCUT2D eigenvalue weighted by Crippen LogP contribution is -2.26. The van der Waals surface area contributed by atoms with Crippen molar-refractivity contribution in [1.29, 1.82) is 0 Å². The molecule has 11 nitrogen and oxygen atoms in total. The van der Waals surface area contributed by atoms with Gasteiger partial charge in [-0.3, -0.25) is 9.98 Å². The van der Waals surface area contributed by atoms with Crippen LogP contribution in [0.5, 0.6) is 0 Å². The summed E-state index contributed by atoms with van der Waals surface area (Å²) in [6.07, 6.45) is 3.68. The van der Waals surface area contributed by atoms with Crippen LogP contribution < -0.4 is 33.6 Å². The lowest BCUT2D eigenvalue weighted by molar-refractivity contribution is 0.653. The maximum atomic E-state index is 5.85. The van der Waals surface area contributed by atoms with Gasteiger partial charge < -0.3 is 39.0 Å². The fraction of sp³-hybridized carbons (Fsp3) is 0.273. The lowest BCUT2D eigenvalue weighted by Gasteiger charge is -2.05. The zero-order valence-electron chi connectivity index (χ0n) is 19.2. The van der Waals surface area contributed by atoms with E-state index in [0.29, 0.717) is 23.1 Å². The molecule has 0 atom stereocenters. The first kappa shape index (κ1) is 29.5. The van der Waals surface area contributed by atoms with Crippen LogP contribution >= 0.6 is 23.2 Å². The molecule has 2 rings (SSSR count). The molecule has 2 aromatic rings. The predicted octanol–water partition coefficient (Wildman–Crippen LogP) is 2.51. The molecule has 0 bridgehead atoms. The van der Waals surface area contributed by atoms with E-state index in [-0.39, 0.29) is 29.3 Å². The topological polar surface area (TPSA) is 209 Å². The molecule has 0 fully saturated rings. The summed E-state index contributed by atoms with van der Waals surface area (Å²) in [6.45, 7) is 1.12. The van der Waals surface area contributed by atoms with E-state index < -0.39 is 0 Å². The van der Waals surface area contributed by atoms with Gasteiger partial charge in [0.25, 0.3) is 0 Å². The minimum Gasteiger partial charge on any atom is -0.412 e. The van der Waals surface area contributed by atoms with E-state index in [9.17, 15) is 0 Å². The third kappa shape index (κ3) is 13.1. The largest absolute Gasteiger partial charge is 0.412 e. The summed E-state index contributed by atoms with van der Waals surface area (Å²) in [5, 5.41) is 7.11. The second-order valence-electron chi connectivity index (χ2n) is 7.15. The monoisotopic (exact) mass is 522 g/mol. The number of hydrogen-bond donors (Lipinski definition) is 6. The van der Waals surface area contributed by atoms with Crippen LogP contribution in [-0.2, 0) is 0 Å². The van der Waals surface area contributed by atoms with Gasteiger partial charge in [0.15, 0.2) is 0 Å². The Morgan fingerprint density at radius 1 is 0.600 bits per heavy atom. The summed E-state index contributed by atoms with van der Waals surface area (Å²) < 4.78 is 0. The molecular formula is C22H32Cl2N10O. The maximum absolute atomic E-state index is 5.85. The fourth-order valence-electron chi connectivity index (χ4n) is 2.70. The minimum atomic E-state index is 0. The highest BCUT2D eigenvalue weighted by molar-refractivity contribution is 6.31. The number of nitrogens with one attached hydrogen (secondary N) is 2. The van der Waals surface area contributed by atoms with E-state index in [1.54, 1.807) is 48.5 Å². The number of guanidine groups is 4. The van der Waals surface area contributed by atoms with Crippen molar-refractivity contribution >= 4 is 58.4 Å². The molecule has 0 aromatic heterocycles. The maximum Gasteiger partial charge on any atom is 0.218 e. The first-order chi connectivity index (χ1) is 16.3. The normalized spacial score (nSPS) is 12.7. The third-order valence-corrected chi connectivity index (χ3v) is 4.82. The van der Waals surface area contributed by atoms with Crippen LogP contribution in [0, 0.1) is 0 Å². The summed E-state index contributed by atoms with van der Waals surface area (Å²) in [4.78, 5) is 16.5. The van der Waals surface area contributed by atoms with Gasteiger partial charge in [-0.1, -0.05) is 36.0 Å². The van der Waals surface area contributed by atoms with Crippen molar-refractivity contribution in [2.75, 3.05) is 23.7 Å². The second kappa shape index (κ2) is 16.1. The molecule has 12 N–H and O–H groups in total. The van der Waals surface area contributed by atoms with Gasteiger partial charge in [0.2, 0.25) is 23.8 Å². The standard InChI is InChI=1S/C22H30Cl2N10.H2O/c23-15-5-9-17(10-6-15)31-21(27)33-19(25)29-13-3-1-2-4-14-30-20(26)34-22(28)32-18-11-7-16(24)8-12-18;/h5-12H,1-4,13-14H2,(H5,25,27,29,31,33)(H5,26,28,30,32,34);1H2. The van der Waals surface area contributed by atoms with Crippen LogP contribution in [0.2, 0.25) is 10.0 Å². The van der Waals surface area contributed by atoms with Crippen LogP contribution in [-0.4, -0.2) is 42.4 Å². The van der Waals surface area contributed by atoms with Crippen LogP contribution in [0.15, 0.2) is 68.5 Å². The molecule has 0 spiro atoms. The smallest absolute Gasteiger partial charge is 0.218 e. The fourth-order valence-corrected chi connectivity index (χ4v) is 2.95. The number of anilines is 2. The average Bonchev–Trinajstić information content (AvgIpc) is 2.78. The Morgan fingerprint density at radius 2 is 0.943 bits per heavy atom. The van der Waals surface area contributed by atoms with Crippen LogP contribution in [0.4, 0.5) is 11.4 Å². The third-order valence-electron chi connectivity index (χ3n) is 4.32. The number of rotatable bonds is 9. The molecule has 190 valence electrons. The zero-order chi connectivity index (χ0) is 24.8. The number of hydrogen-bond acceptors (Lipinski definition) is 2. The molecular weight excluding hydrogens is 491 g/mol. The van der Waals surface area contributed by atoms with Gasteiger partial charge in [0.1, 0.15) is 0 Å². The number of halogens is 2. The Bertz CT molecular complexity index is 938. The Hall–Kier alpha value is -3.54. The molecule has 0 radical (unpaired) electrons. The number of nitrogens with zero attached hydrogens (tertiary/aromatic N) is 4. The molecule has 2 aromatic carbocycles. The van der Waals surface area contributed by atoms with Crippen molar-refractivity contribution in [3.8, 4) is 0 Å². The SMILES string of the molecule is NC(=NCCCCCCN=C(N)/N=C(\N)Nc1ccc(Cl)cc1)/N=C(\N)Nc1ccc(Cl)cc1.O. The molecule has 0 unspecified atom stereocenters. The summed E-state index contributed by atoms with van der Waals surface area (Å²) in [6, 6.07) is 14.1. The van der Waals surface area contributed by atoms with Gasteiger partial charge in [-0.15, -0.1) is 0 Å². The van der Waals surface area contributed by atoms with Crippen molar-refractivity contribution in [2.45, 2.75) is 25.7 Å². The Labute approximate surface area is 214 Å². The summed E-state index contributed by atoms with van der Waals surface area (Å²) >= 11 is 11.7. The molecule has 0 aliphatic heterocycles. The van der Waals surface area contributed by atoms with Crippen LogP contribution in [0.3, 0.4) is 0 Å². The summed E-state index contributed by atoms with van der Waals surface area (Å²) in [7, 11) is 0. The van der Waals surface area contributed by atoms with Crippen LogP contribution in [0.25, 0.3) is 0 Å². The number of aliphatic imine (C=N–C) groups is 4. The molecule has 0 heterocycles. The van der Waals surface area contributed by atoms with Gasteiger partial charge in [0, 0.05) is 34.5 Å². The van der Waals surface area contributed by atoms with E-state index in [2.05, 4.69) is 30.6 Å². The van der Waals surface area contributed by atoms with Gasteiger partial charge in [0.05, 0.1) is 0 Å². The van der Waals surface area contributed by atoms with E-state index in [4.69, 9.17) is 46.1 Å². The predicted molar refractivity (Wildman–Crippen MR) is 148 cm³/mol. The molecule has 0 saturated carbocycles. The van der Waals surface area contributed by atoms with Crippen molar-refractivity contribution < 1.29 is 5.48 Å². The average molecular weight is 523 g/mol. The van der Waals surface area contributed by atoms with E-state index >= 15 is 0 Å². The van der Waals surface area contributed by atoms with Gasteiger partial charge >= 0.3 is 0 Å². The Kier molecular flexibility index (Phi) is 13.6. The molecule has 0 aliphatic rings. The molecule has 35 heavy (non-hydrogen) atoms. The first-order valence-electron chi connectivity index (χ1n) is 10.6. The lowest BCUT2D eigenvalue weighted by atomic mass is 10.2. The molecule has 13 heteroatoms. The molecule has 0 saturated heterocycles. The highest BCUT2D eigenvalue weighted by Crippen LogP contribution is 2.13. The highest BCUT2D eigenvalue weighted by Gasteiger charge is 1.99. The van der Waals surface area contributed by atoms with Crippen molar-refractivity contribution in [2.24, 2.45) is 42.9 Å². The van der Waals surface area contributed by atoms with Crippen molar-refractivity contribution in [3.05, 3.63) is 58.6 Å². The number of unbranched alkanes of at least 4 members (excludes halogenated alkanes) is 3. The van der Waals surface area contributed by atoms with Crippen LogP contribution in [0.1, 0.15) is 25.7 Å². The number of nitrogens with two attached hydrogens (primary N) is 4. The van der Waals surface area contributed by atoms with Gasteiger partial charge in [-0.2, -0.15) is 9.98 Å². The zero-order valence-corrected chi connectivity index (χ0v) is 20.7. The summed E-state index contributed by atoms with van der Waals surface area (Å²) in [5.41, 5.74) is 24.8. The minimum absolute atomic E-state index is 0. The van der Waals surface area contributed by atoms with Crippen molar-refractivity contribution in [1.82, 2.24) is 0 Å².